The predicted octanol–water partition coefficient (Wildman–Crippen LogP) is 2.58. The Bertz CT molecular complexity index is 483. The minimum atomic E-state index is -4.61. The lowest BCUT2D eigenvalue weighted by molar-refractivity contribution is -0.142. The topological polar surface area (TPSA) is 52.3 Å². The number of methoxy groups -OCH3 is 1. The summed E-state index contributed by atoms with van der Waals surface area (Å²) in [6.07, 6.45) is -5.04. The van der Waals surface area contributed by atoms with Crippen molar-refractivity contribution in [2.24, 2.45) is 5.73 Å². The molecule has 0 radical (unpaired) electrons. The number of benzene rings is 1. The Kier molecular flexibility index (Phi) is 4.19. The summed E-state index contributed by atoms with van der Waals surface area (Å²) >= 11 is 0. The highest BCUT2D eigenvalue weighted by atomic mass is 19.4. The molecule has 0 spiro atoms. The molecule has 0 unspecified atom stereocenters. The summed E-state index contributed by atoms with van der Waals surface area (Å²) in [6.45, 7) is 1.27. The Morgan fingerprint density at radius 1 is 1.37 bits per heavy atom. The van der Waals surface area contributed by atoms with Gasteiger partial charge in [0.05, 0.1) is 24.6 Å². The molecule has 19 heavy (non-hydrogen) atoms. The number of hydrogen-bond donors (Lipinski definition) is 1. The normalized spacial score (nSPS) is 14.9. The molecule has 0 aliphatic rings. The van der Waals surface area contributed by atoms with Crippen LogP contribution >= 0.6 is 0 Å². The van der Waals surface area contributed by atoms with Crippen molar-refractivity contribution in [1.29, 1.82) is 0 Å². The summed E-state index contributed by atoms with van der Waals surface area (Å²) in [5.74, 6) is -1.64. The molecule has 2 N–H and O–H groups in total. The third-order valence-electron chi connectivity index (χ3n) is 2.65. The molecule has 1 rings (SSSR count). The third-order valence-corrected chi connectivity index (χ3v) is 2.65. The maximum atomic E-state index is 13.6. The second kappa shape index (κ2) is 5.16. The summed E-state index contributed by atoms with van der Waals surface area (Å²) in [4.78, 5) is 11.1. The lowest BCUT2D eigenvalue weighted by atomic mass is 9.88. The molecule has 1 atom stereocenters. The minimum Gasteiger partial charge on any atom is -0.469 e. The first kappa shape index (κ1) is 15.4. The van der Waals surface area contributed by atoms with Gasteiger partial charge in [-0.3, -0.25) is 4.79 Å². The number of ether oxygens (including phenoxy) is 1. The molecular weight excluding hydrogens is 266 g/mol. The maximum Gasteiger partial charge on any atom is 0.416 e. The van der Waals surface area contributed by atoms with Crippen LogP contribution in [-0.2, 0) is 21.2 Å². The van der Waals surface area contributed by atoms with Crippen molar-refractivity contribution in [2.45, 2.75) is 25.1 Å². The van der Waals surface area contributed by atoms with E-state index in [0.717, 1.165) is 7.11 Å². The van der Waals surface area contributed by atoms with Crippen molar-refractivity contribution >= 4 is 5.97 Å². The quantitative estimate of drug-likeness (QED) is 0.683. The molecule has 0 amide bonds. The zero-order valence-corrected chi connectivity index (χ0v) is 10.3. The molecule has 3 nitrogen and oxygen atoms in total. The average Bonchev–Trinajstić information content (AvgIpc) is 2.26. The number of halogens is 4. The van der Waals surface area contributed by atoms with E-state index < -0.39 is 35.5 Å². The largest absolute Gasteiger partial charge is 0.469 e. The van der Waals surface area contributed by atoms with E-state index in [-0.39, 0.29) is 5.56 Å². The minimum absolute atomic E-state index is 0.382. The predicted molar refractivity (Wildman–Crippen MR) is 59.6 cm³/mol. The van der Waals surface area contributed by atoms with Crippen LogP contribution in [0, 0.1) is 5.82 Å². The number of hydrogen-bond acceptors (Lipinski definition) is 3. The summed E-state index contributed by atoms with van der Waals surface area (Å²) < 4.78 is 55.7. The van der Waals surface area contributed by atoms with Crippen molar-refractivity contribution in [2.75, 3.05) is 7.11 Å². The summed E-state index contributed by atoms with van der Waals surface area (Å²) in [7, 11) is 1.11. The van der Waals surface area contributed by atoms with Crippen LogP contribution in [-0.4, -0.2) is 13.1 Å². The Morgan fingerprint density at radius 3 is 2.42 bits per heavy atom. The van der Waals surface area contributed by atoms with Gasteiger partial charge in [-0.05, 0) is 25.1 Å². The van der Waals surface area contributed by atoms with Crippen molar-refractivity contribution < 1.29 is 27.1 Å². The Morgan fingerprint density at radius 2 is 1.95 bits per heavy atom. The van der Waals surface area contributed by atoms with Crippen LogP contribution in [0.3, 0.4) is 0 Å². The molecule has 0 saturated carbocycles. The van der Waals surface area contributed by atoms with Crippen LogP contribution in [0.1, 0.15) is 24.5 Å². The van der Waals surface area contributed by atoms with E-state index in [0.29, 0.717) is 18.2 Å². The second-order valence-electron chi connectivity index (χ2n) is 4.36. The van der Waals surface area contributed by atoms with E-state index in [9.17, 15) is 22.4 Å². The first-order valence-corrected chi connectivity index (χ1v) is 5.31. The van der Waals surface area contributed by atoms with Gasteiger partial charge in [0.25, 0.3) is 0 Å². The molecule has 1 aromatic rings. The lowest BCUT2D eigenvalue weighted by Crippen LogP contribution is -2.37. The zero-order valence-electron chi connectivity index (χ0n) is 10.3. The van der Waals surface area contributed by atoms with Crippen LogP contribution in [0.15, 0.2) is 18.2 Å². The Hall–Kier alpha value is -1.63. The molecule has 106 valence electrons. The average molecular weight is 279 g/mol. The van der Waals surface area contributed by atoms with Gasteiger partial charge in [0, 0.05) is 5.56 Å². The molecule has 0 aliphatic heterocycles. The number of rotatable bonds is 3. The van der Waals surface area contributed by atoms with E-state index in [1.165, 1.54) is 6.92 Å². The highest BCUT2D eigenvalue weighted by Gasteiger charge is 2.35. The van der Waals surface area contributed by atoms with Crippen LogP contribution in [0.2, 0.25) is 0 Å². The summed E-state index contributed by atoms with van der Waals surface area (Å²) in [5.41, 5.74) is 2.73. The Balaban J connectivity index is 3.21. The summed E-state index contributed by atoms with van der Waals surface area (Å²) in [5, 5.41) is 0. The fourth-order valence-electron chi connectivity index (χ4n) is 1.61. The van der Waals surface area contributed by atoms with E-state index in [4.69, 9.17) is 5.73 Å². The molecule has 0 aromatic heterocycles. The van der Waals surface area contributed by atoms with Crippen LogP contribution in [0.25, 0.3) is 0 Å². The second-order valence-corrected chi connectivity index (χ2v) is 4.36. The van der Waals surface area contributed by atoms with Crippen LogP contribution < -0.4 is 5.73 Å². The van der Waals surface area contributed by atoms with Gasteiger partial charge in [0.15, 0.2) is 0 Å². The molecular formula is C12H13F4NO2. The van der Waals surface area contributed by atoms with Crippen molar-refractivity contribution in [3.05, 3.63) is 35.1 Å². The number of carbonyl (C=O) groups excluding carboxylic acids is 1. The molecule has 0 fully saturated rings. The van der Waals surface area contributed by atoms with Crippen molar-refractivity contribution in [3.8, 4) is 0 Å². The Labute approximate surface area is 107 Å². The summed E-state index contributed by atoms with van der Waals surface area (Å²) in [6, 6.07) is 1.91. The SMILES string of the molecule is COC(=O)C[C@@](C)(N)c1cc(C(F)(F)F)ccc1F. The first-order chi connectivity index (χ1) is 8.58. The van der Waals surface area contributed by atoms with Gasteiger partial charge in [0.1, 0.15) is 5.82 Å². The highest BCUT2D eigenvalue weighted by Crippen LogP contribution is 2.33. The molecule has 0 aliphatic carbocycles. The number of nitrogens with two attached hydrogens (primary N) is 1. The van der Waals surface area contributed by atoms with Crippen LogP contribution in [0.5, 0.6) is 0 Å². The van der Waals surface area contributed by atoms with Gasteiger partial charge in [-0.25, -0.2) is 4.39 Å². The van der Waals surface area contributed by atoms with E-state index in [2.05, 4.69) is 4.74 Å². The van der Waals surface area contributed by atoms with Gasteiger partial charge >= 0.3 is 12.1 Å². The standard InChI is InChI=1S/C12H13F4NO2/c1-11(17,6-10(18)19-2)8-5-7(12(14,15)16)3-4-9(8)13/h3-5H,6,17H2,1-2H3/t11-/m1/s1. The van der Waals surface area contributed by atoms with Gasteiger partial charge < -0.3 is 10.5 Å². The molecule has 1 aromatic carbocycles. The van der Waals surface area contributed by atoms with Crippen molar-refractivity contribution in [1.82, 2.24) is 0 Å². The highest BCUT2D eigenvalue weighted by molar-refractivity contribution is 5.71. The fourth-order valence-corrected chi connectivity index (χ4v) is 1.61. The van der Waals surface area contributed by atoms with Gasteiger partial charge in [-0.1, -0.05) is 0 Å². The monoisotopic (exact) mass is 279 g/mol. The molecule has 7 heteroatoms. The van der Waals surface area contributed by atoms with E-state index in [1.807, 2.05) is 0 Å². The smallest absolute Gasteiger partial charge is 0.416 e. The van der Waals surface area contributed by atoms with E-state index in [1.54, 1.807) is 0 Å². The van der Waals surface area contributed by atoms with Gasteiger partial charge in [-0.2, -0.15) is 13.2 Å². The van der Waals surface area contributed by atoms with Crippen molar-refractivity contribution in [3.63, 3.8) is 0 Å². The van der Waals surface area contributed by atoms with Gasteiger partial charge in [-0.15, -0.1) is 0 Å². The number of esters is 1. The molecule has 0 heterocycles. The molecule has 0 saturated heterocycles. The first-order valence-electron chi connectivity index (χ1n) is 5.31. The maximum absolute atomic E-state index is 13.6. The van der Waals surface area contributed by atoms with Gasteiger partial charge in [0.2, 0.25) is 0 Å². The third kappa shape index (κ3) is 3.66. The van der Waals surface area contributed by atoms with E-state index >= 15 is 0 Å². The van der Waals surface area contributed by atoms with Crippen LogP contribution in [0.4, 0.5) is 17.6 Å². The molecule has 0 bridgehead atoms. The lowest BCUT2D eigenvalue weighted by Gasteiger charge is -2.25. The fraction of sp³-hybridized carbons (Fsp3) is 0.417. The zero-order chi connectivity index (χ0) is 14.8. The number of alkyl halides is 3. The number of carbonyl (C=O) groups is 1.